The third kappa shape index (κ3) is 3.75. The Hall–Kier alpha value is -2.99. The van der Waals surface area contributed by atoms with Gasteiger partial charge in [0.1, 0.15) is 19.0 Å². The van der Waals surface area contributed by atoms with E-state index >= 15 is 0 Å². The summed E-state index contributed by atoms with van der Waals surface area (Å²) in [6, 6.07) is 14.9. The molecule has 7 heteroatoms. The van der Waals surface area contributed by atoms with Crippen molar-refractivity contribution in [2.45, 2.75) is 0 Å². The summed E-state index contributed by atoms with van der Waals surface area (Å²) in [5, 5.41) is 7.02. The molecule has 0 unspecified atom stereocenters. The Labute approximate surface area is 149 Å². The van der Waals surface area contributed by atoms with Gasteiger partial charge in [0, 0.05) is 28.7 Å². The molecular formula is C18H15ClN4O2. The highest BCUT2D eigenvalue weighted by Gasteiger charge is 2.12. The van der Waals surface area contributed by atoms with Gasteiger partial charge in [0.05, 0.1) is 0 Å². The maximum absolute atomic E-state index is 5.99. The minimum atomic E-state index is 0.477. The molecule has 0 amide bonds. The van der Waals surface area contributed by atoms with Gasteiger partial charge < -0.3 is 20.1 Å². The Morgan fingerprint density at radius 2 is 1.72 bits per heavy atom. The van der Waals surface area contributed by atoms with Crippen LogP contribution in [-0.4, -0.2) is 23.2 Å². The predicted octanol–water partition coefficient (Wildman–Crippen LogP) is 4.39. The van der Waals surface area contributed by atoms with Crippen LogP contribution in [0.3, 0.4) is 0 Å². The standard InChI is InChI=1S/C18H15ClN4O2/c19-12-2-1-3-13(10-12)22-18-20-7-6-17(23-18)21-14-4-5-15-16(11-14)25-9-8-24-15/h1-7,10-11H,8-9H2,(H2,20,21,22,23). The molecule has 3 aromatic rings. The van der Waals surface area contributed by atoms with Gasteiger partial charge in [0.15, 0.2) is 11.5 Å². The Morgan fingerprint density at radius 3 is 2.60 bits per heavy atom. The molecule has 0 saturated heterocycles. The first-order valence-corrected chi connectivity index (χ1v) is 8.16. The number of nitrogens with one attached hydrogen (secondary N) is 2. The van der Waals surface area contributed by atoms with Crippen LogP contribution in [-0.2, 0) is 0 Å². The summed E-state index contributed by atoms with van der Waals surface area (Å²) >= 11 is 5.99. The van der Waals surface area contributed by atoms with Crippen molar-refractivity contribution in [1.29, 1.82) is 0 Å². The molecule has 4 rings (SSSR count). The van der Waals surface area contributed by atoms with Crippen molar-refractivity contribution in [2.75, 3.05) is 23.8 Å². The fourth-order valence-electron chi connectivity index (χ4n) is 2.45. The largest absolute Gasteiger partial charge is 0.486 e. The average Bonchev–Trinajstić information content (AvgIpc) is 2.62. The zero-order valence-electron chi connectivity index (χ0n) is 13.2. The summed E-state index contributed by atoms with van der Waals surface area (Å²) in [7, 11) is 0. The van der Waals surface area contributed by atoms with E-state index in [9.17, 15) is 0 Å². The van der Waals surface area contributed by atoms with E-state index in [2.05, 4.69) is 20.6 Å². The Morgan fingerprint density at radius 1 is 0.880 bits per heavy atom. The SMILES string of the molecule is Clc1cccc(Nc2nccc(Nc3ccc4c(c3)OCCO4)n2)c1. The van der Waals surface area contributed by atoms with Crippen LogP contribution in [0, 0.1) is 0 Å². The van der Waals surface area contributed by atoms with Gasteiger partial charge in [0.25, 0.3) is 0 Å². The zero-order valence-corrected chi connectivity index (χ0v) is 14.0. The second-order valence-corrected chi connectivity index (χ2v) is 5.82. The second kappa shape index (κ2) is 6.86. The van der Waals surface area contributed by atoms with Gasteiger partial charge in [-0.25, -0.2) is 4.98 Å². The molecule has 0 atom stereocenters. The van der Waals surface area contributed by atoms with Crippen LogP contribution in [0.15, 0.2) is 54.7 Å². The highest BCUT2D eigenvalue weighted by Crippen LogP contribution is 2.33. The van der Waals surface area contributed by atoms with E-state index in [1.165, 1.54) is 0 Å². The summed E-state index contributed by atoms with van der Waals surface area (Å²) in [6.07, 6.45) is 1.68. The molecular weight excluding hydrogens is 340 g/mol. The lowest BCUT2D eigenvalue weighted by molar-refractivity contribution is 0.171. The minimum absolute atomic E-state index is 0.477. The third-order valence-electron chi connectivity index (χ3n) is 3.55. The van der Waals surface area contributed by atoms with Gasteiger partial charge in [-0.1, -0.05) is 17.7 Å². The van der Waals surface area contributed by atoms with E-state index in [0.717, 1.165) is 22.9 Å². The van der Waals surface area contributed by atoms with E-state index in [-0.39, 0.29) is 0 Å². The lowest BCUT2D eigenvalue weighted by Gasteiger charge is -2.19. The third-order valence-corrected chi connectivity index (χ3v) is 3.79. The number of nitrogens with zero attached hydrogens (tertiary/aromatic N) is 2. The van der Waals surface area contributed by atoms with Crippen LogP contribution >= 0.6 is 11.6 Å². The summed E-state index contributed by atoms with van der Waals surface area (Å²) in [6.45, 7) is 1.13. The van der Waals surface area contributed by atoms with Crippen LogP contribution in [0.2, 0.25) is 5.02 Å². The number of hydrogen-bond donors (Lipinski definition) is 2. The fourth-order valence-corrected chi connectivity index (χ4v) is 2.64. The van der Waals surface area contributed by atoms with E-state index in [1.807, 2.05) is 42.5 Å². The molecule has 2 heterocycles. The average molecular weight is 355 g/mol. The smallest absolute Gasteiger partial charge is 0.229 e. The topological polar surface area (TPSA) is 68.3 Å². The van der Waals surface area contributed by atoms with Crippen molar-refractivity contribution < 1.29 is 9.47 Å². The highest BCUT2D eigenvalue weighted by molar-refractivity contribution is 6.30. The number of benzene rings is 2. The first kappa shape index (κ1) is 15.5. The van der Waals surface area contributed by atoms with E-state index in [1.54, 1.807) is 12.3 Å². The molecule has 0 spiro atoms. The summed E-state index contributed by atoms with van der Waals surface area (Å²) < 4.78 is 11.1. The summed E-state index contributed by atoms with van der Waals surface area (Å²) in [5.74, 6) is 2.62. The molecule has 0 fully saturated rings. The maximum Gasteiger partial charge on any atom is 0.229 e. The Bertz CT molecular complexity index is 904. The molecule has 1 aliphatic heterocycles. The van der Waals surface area contributed by atoms with E-state index < -0.39 is 0 Å². The van der Waals surface area contributed by atoms with Gasteiger partial charge in [0.2, 0.25) is 5.95 Å². The van der Waals surface area contributed by atoms with Gasteiger partial charge in [-0.3, -0.25) is 0 Å². The van der Waals surface area contributed by atoms with Gasteiger partial charge in [-0.15, -0.1) is 0 Å². The van der Waals surface area contributed by atoms with Gasteiger partial charge >= 0.3 is 0 Å². The number of aromatic nitrogens is 2. The molecule has 25 heavy (non-hydrogen) atoms. The lowest BCUT2D eigenvalue weighted by atomic mass is 10.2. The lowest BCUT2D eigenvalue weighted by Crippen LogP contribution is -2.15. The second-order valence-electron chi connectivity index (χ2n) is 5.38. The van der Waals surface area contributed by atoms with Crippen molar-refractivity contribution in [1.82, 2.24) is 9.97 Å². The van der Waals surface area contributed by atoms with Crippen LogP contribution < -0.4 is 20.1 Å². The quantitative estimate of drug-likeness (QED) is 0.724. The summed E-state index contributed by atoms with van der Waals surface area (Å²) in [5.41, 5.74) is 1.68. The van der Waals surface area contributed by atoms with Crippen molar-refractivity contribution in [3.63, 3.8) is 0 Å². The molecule has 1 aromatic heterocycles. The van der Waals surface area contributed by atoms with Gasteiger partial charge in [-0.05, 0) is 36.4 Å². The Kier molecular flexibility index (Phi) is 4.26. The van der Waals surface area contributed by atoms with Crippen LogP contribution in [0.4, 0.5) is 23.1 Å². The number of anilines is 4. The van der Waals surface area contributed by atoms with Crippen molar-refractivity contribution in [3.8, 4) is 11.5 Å². The Balaban J connectivity index is 1.51. The van der Waals surface area contributed by atoms with E-state index in [0.29, 0.717) is 30.0 Å². The molecule has 2 N–H and O–H groups in total. The van der Waals surface area contributed by atoms with E-state index in [4.69, 9.17) is 21.1 Å². The van der Waals surface area contributed by atoms with Crippen molar-refractivity contribution >= 4 is 34.7 Å². The molecule has 2 aromatic carbocycles. The normalized spacial score (nSPS) is 12.5. The molecule has 1 aliphatic rings. The molecule has 126 valence electrons. The highest BCUT2D eigenvalue weighted by atomic mass is 35.5. The van der Waals surface area contributed by atoms with Crippen molar-refractivity contribution in [3.05, 3.63) is 59.8 Å². The fraction of sp³-hybridized carbons (Fsp3) is 0.111. The number of fused-ring (bicyclic) bond motifs is 1. The molecule has 0 bridgehead atoms. The van der Waals surface area contributed by atoms with Crippen LogP contribution in [0.25, 0.3) is 0 Å². The minimum Gasteiger partial charge on any atom is -0.486 e. The number of hydrogen-bond acceptors (Lipinski definition) is 6. The first-order chi connectivity index (χ1) is 12.3. The molecule has 6 nitrogen and oxygen atoms in total. The zero-order chi connectivity index (χ0) is 17.1. The monoisotopic (exact) mass is 354 g/mol. The summed E-state index contributed by atoms with van der Waals surface area (Å²) in [4.78, 5) is 8.68. The van der Waals surface area contributed by atoms with Crippen LogP contribution in [0.1, 0.15) is 0 Å². The van der Waals surface area contributed by atoms with Crippen LogP contribution in [0.5, 0.6) is 11.5 Å². The predicted molar refractivity (Wildman–Crippen MR) is 97.5 cm³/mol. The maximum atomic E-state index is 5.99. The molecule has 0 radical (unpaired) electrons. The number of ether oxygens (including phenoxy) is 2. The van der Waals surface area contributed by atoms with Crippen molar-refractivity contribution in [2.24, 2.45) is 0 Å². The molecule has 0 saturated carbocycles. The first-order valence-electron chi connectivity index (χ1n) is 7.79. The molecule has 0 aliphatic carbocycles. The number of rotatable bonds is 4. The van der Waals surface area contributed by atoms with Gasteiger partial charge in [-0.2, -0.15) is 4.98 Å². The number of halogens is 1.